The molecule has 1 heterocycles. The fourth-order valence-corrected chi connectivity index (χ4v) is 4.13. The van der Waals surface area contributed by atoms with Gasteiger partial charge in [-0.3, -0.25) is 4.18 Å². The molecule has 11 heteroatoms. The number of aliphatic hydroxyl groups is 1. The summed E-state index contributed by atoms with van der Waals surface area (Å²) in [4.78, 5) is 0. The van der Waals surface area contributed by atoms with Crippen LogP contribution >= 0.6 is 0 Å². The summed E-state index contributed by atoms with van der Waals surface area (Å²) in [5, 5.41) is 10.9. The van der Waals surface area contributed by atoms with Crippen molar-refractivity contribution in [1.29, 1.82) is 0 Å². The fraction of sp³-hybridized carbons (Fsp3) is 0.500. The molecule has 0 amide bonds. The van der Waals surface area contributed by atoms with Gasteiger partial charge in [-0.1, -0.05) is 24.3 Å². The Kier molecular flexibility index (Phi) is 9.47. The maximum Gasteiger partial charge on any atom is 0.264 e. The lowest BCUT2D eigenvalue weighted by Crippen LogP contribution is -2.52. The molecule has 1 saturated heterocycles. The van der Waals surface area contributed by atoms with Gasteiger partial charge in [-0.15, -0.1) is 0 Å². The lowest BCUT2D eigenvalue weighted by Gasteiger charge is -2.33. The largest absolute Gasteiger partial charge is 0.497 e. The molecule has 4 atom stereocenters. The van der Waals surface area contributed by atoms with E-state index in [2.05, 4.69) is 0 Å². The Labute approximate surface area is 205 Å². The molecule has 10 nitrogen and oxygen atoms in total. The van der Waals surface area contributed by atoms with Crippen molar-refractivity contribution in [3.05, 3.63) is 59.7 Å². The number of aliphatic hydroxyl groups excluding tert-OH is 1. The van der Waals surface area contributed by atoms with Gasteiger partial charge in [0.2, 0.25) is 0 Å². The molecule has 4 unspecified atom stereocenters. The molecule has 35 heavy (non-hydrogen) atoms. The van der Waals surface area contributed by atoms with Crippen molar-refractivity contribution in [2.45, 2.75) is 37.3 Å². The monoisotopic (exact) mass is 512 g/mol. The van der Waals surface area contributed by atoms with Crippen LogP contribution in [-0.2, 0) is 46.5 Å². The second-order valence-electron chi connectivity index (χ2n) is 8.16. The molecule has 0 aromatic heterocycles. The number of rotatable bonds is 13. The van der Waals surface area contributed by atoms with Crippen molar-refractivity contribution in [1.82, 2.24) is 0 Å². The minimum atomic E-state index is -3.82. The van der Waals surface area contributed by atoms with E-state index in [4.69, 9.17) is 32.6 Å². The number of ether oxygens (including phenoxy) is 6. The first-order valence-corrected chi connectivity index (χ1v) is 12.7. The predicted octanol–water partition coefficient (Wildman–Crippen LogP) is 1.88. The second kappa shape index (κ2) is 12.1. The quantitative estimate of drug-likeness (QED) is 0.399. The summed E-state index contributed by atoms with van der Waals surface area (Å²) in [5.41, 5.74) is 0.223. The van der Waals surface area contributed by atoms with Gasteiger partial charge < -0.3 is 33.5 Å². The van der Waals surface area contributed by atoms with Gasteiger partial charge >= 0.3 is 0 Å². The first kappa shape index (κ1) is 27.3. The number of hydrogen-bond acceptors (Lipinski definition) is 10. The summed E-state index contributed by atoms with van der Waals surface area (Å²) in [6.45, 7) is -0.241. The van der Waals surface area contributed by atoms with E-state index in [-0.39, 0.29) is 19.8 Å². The van der Waals surface area contributed by atoms with Gasteiger partial charge in [0.1, 0.15) is 35.9 Å². The van der Waals surface area contributed by atoms with Gasteiger partial charge in [0.25, 0.3) is 10.1 Å². The molecule has 2 aromatic carbocycles. The predicted molar refractivity (Wildman–Crippen MR) is 126 cm³/mol. The van der Waals surface area contributed by atoms with Gasteiger partial charge in [-0.25, -0.2) is 0 Å². The number of methoxy groups -OCH3 is 3. The minimum absolute atomic E-state index is 0.116. The normalized spacial score (nSPS) is 24.4. The third kappa shape index (κ3) is 7.37. The van der Waals surface area contributed by atoms with E-state index < -0.39 is 40.8 Å². The third-order valence-corrected chi connectivity index (χ3v) is 6.12. The maximum atomic E-state index is 11.8. The van der Waals surface area contributed by atoms with E-state index in [1.807, 2.05) is 24.3 Å². The highest BCUT2D eigenvalue weighted by Crippen LogP contribution is 2.36. The standard InChI is InChI=1S/C24H32O10S/c1-28-19-9-5-17(6-10-19)13-31-15-24(16-33-35(4,26)27)22(21(25)23(30-3)34-24)32-14-18-7-11-20(29-2)12-8-18/h5-12,21-23,25H,13-16H2,1-4H3. The summed E-state index contributed by atoms with van der Waals surface area (Å²) in [5.74, 6) is 1.41. The van der Waals surface area contributed by atoms with Crippen molar-refractivity contribution in [2.24, 2.45) is 0 Å². The summed E-state index contributed by atoms with van der Waals surface area (Å²) >= 11 is 0. The van der Waals surface area contributed by atoms with Crippen LogP contribution in [-0.4, -0.2) is 78.4 Å². The zero-order valence-corrected chi connectivity index (χ0v) is 21.0. The van der Waals surface area contributed by atoms with E-state index in [0.29, 0.717) is 11.5 Å². The van der Waals surface area contributed by atoms with Gasteiger partial charge in [-0.05, 0) is 35.4 Å². The average Bonchev–Trinajstić information content (AvgIpc) is 3.12. The second-order valence-corrected chi connectivity index (χ2v) is 9.81. The molecule has 0 aliphatic carbocycles. The first-order chi connectivity index (χ1) is 16.7. The zero-order valence-electron chi connectivity index (χ0n) is 20.2. The number of hydrogen-bond donors (Lipinski definition) is 1. The molecule has 1 N–H and O–H groups in total. The third-order valence-electron chi connectivity index (χ3n) is 5.57. The van der Waals surface area contributed by atoms with Crippen LogP contribution in [0.15, 0.2) is 48.5 Å². The maximum absolute atomic E-state index is 11.8. The van der Waals surface area contributed by atoms with Crippen LogP contribution < -0.4 is 9.47 Å². The number of benzene rings is 2. The van der Waals surface area contributed by atoms with E-state index in [1.54, 1.807) is 38.5 Å². The van der Waals surface area contributed by atoms with Crippen molar-refractivity contribution >= 4 is 10.1 Å². The molecule has 2 aromatic rings. The topological polar surface area (TPSA) is 119 Å². The van der Waals surface area contributed by atoms with Crippen LogP contribution in [0, 0.1) is 0 Å². The van der Waals surface area contributed by atoms with Gasteiger partial charge in [0, 0.05) is 7.11 Å². The first-order valence-electron chi connectivity index (χ1n) is 10.9. The Morgan fingerprint density at radius 2 is 1.43 bits per heavy atom. The summed E-state index contributed by atoms with van der Waals surface area (Å²) in [6, 6.07) is 14.5. The highest BCUT2D eigenvalue weighted by Gasteiger charge is 2.57. The SMILES string of the molecule is COc1ccc(COCC2(COS(C)(=O)=O)OC(OC)C(O)C2OCc2ccc(OC)cc2)cc1. The van der Waals surface area contributed by atoms with Crippen LogP contribution in [0.2, 0.25) is 0 Å². The summed E-state index contributed by atoms with van der Waals surface area (Å²) in [6.07, 6.45) is -2.35. The Hall–Kier alpha value is -2.25. The molecular weight excluding hydrogens is 480 g/mol. The van der Waals surface area contributed by atoms with Gasteiger partial charge in [0.05, 0.1) is 40.3 Å². The van der Waals surface area contributed by atoms with E-state index in [9.17, 15) is 13.5 Å². The highest BCUT2D eigenvalue weighted by molar-refractivity contribution is 7.85. The smallest absolute Gasteiger partial charge is 0.264 e. The lowest BCUT2D eigenvalue weighted by molar-refractivity contribution is -0.206. The Morgan fingerprint density at radius 1 is 0.886 bits per heavy atom. The van der Waals surface area contributed by atoms with Crippen LogP contribution in [0.5, 0.6) is 11.5 Å². The molecule has 1 aliphatic rings. The summed E-state index contributed by atoms with van der Waals surface area (Å²) < 4.78 is 62.2. The van der Waals surface area contributed by atoms with Crippen molar-refractivity contribution < 1.29 is 46.1 Å². The Balaban J connectivity index is 1.78. The molecule has 1 aliphatic heterocycles. The van der Waals surface area contributed by atoms with Crippen molar-refractivity contribution in [3.63, 3.8) is 0 Å². The zero-order chi connectivity index (χ0) is 25.5. The Bertz CT molecular complexity index is 1030. The van der Waals surface area contributed by atoms with Crippen LogP contribution in [0.1, 0.15) is 11.1 Å². The molecule has 1 fully saturated rings. The van der Waals surface area contributed by atoms with Gasteiger partial charge in [0.15, 0.2) is 6.29 Å². The van der Waals surface area contributed by atoms with E-state index in [1.165, 1.54) is 7.11 Å². The van der Waals surface area contributed by atoms with E-state index >= 15 is 0 Å². The molecule has 0 bridgehead atoms. The molecular formula is C24H32O10S. The Morgan fingerprint density at radius 3 is 1.91 bits per heavy atom. The van der Waals surface area contributed by atoms with Crippen LogP contribution in [0.4, 0.5) is 0 Å². The molecule has 0 saturated carbocycles. The van der Waals surface area contributed by atoms with Crippen molar-refractivity contribution in [3.8, 4) is 11.5 Å². The lowest BCUT2D eigenvalue weighted by atomic mass is 9.96. The van der Waals surface area contributed by atoms with Crippen LogP contribution in [0.3, 0.4) is 0 Å². The average molecular weight is 513 g/mol. The molecule has 0 radical (unpaired) electrons. The van der Waals surface area contributed by atoms with Crippen LogP contribution in [0.25, 0.3) is 0 Å². The van der Waals surface area contributed by atoms with Gasteiger partial charge in [-0.2, -0.15) is 8.42 Å². The molecule has 194 valence electrons. The minimum Gasteiger partial charge on any atom is -0.497 e. The molecule has 0 spiro atoms. The molecule has 3 rings (SSSR count). The van der Waals surface area contributed by atoms with Crippen molar-refractivity contribution in [2.75, 3.05) is 40.8 Å². The highest BCUT2D eigenvalue weighted by atomic mass is 32.2. The fourth-order valence-electron chi connectivity index (χ4n) is 3.71. The summed E-state index contributed by atoms with van der Waals surface area (Å²) in [7, 11) is 0.715. The van der Waals surface area contributed by atoms with E-state index in [0.717, 1.165) is 17.4 Å².